The molecule has 0 bridgehead atoms. The van der Waals surface area contributed by atoms with E-state index in [0.29, 0.717) is 13.2 Å². The fourth-order valence-electron chi connectivity index (χ4n) is 1.76. The Bertz CT molecular complexity index is 494. The van der Waals surface area contributed by atoms with E-state index in [2.05, 4.69) is 17.2 Å². The van der Waals surface area contributed by atoms with Crippen molar-refractivity contribution in [3.8, 4) is 16.9 Å². The summed E-state index contributed by atoms with van der Waals surface area (Å²) in [4.78, 5) is 4.21. The number of aromatic nitrogens is 1. The maximum atomic E-state index is 5.58. The van der Waals surface area contributed by atoms with Crippen molar-refractivity contribution >= 4 is 0 Å². The second-order valence-electron chi connectivity index (χ2n) is 4.05. The van der Waals surface area contributed by atoms with E-state index >= 15 is 0 Å². The number of rotatable bonds is 6. The summed E-state index contributed by atoms with van der Waals surface area (Å²) in [6.45, 7) is 3.49. The minimum absolute atomic E-state index is 0.697. The normalized spacial score (nSPS) is 10.6. The molecule has 18 heavy (non-hydrogen) atoms. The van der Waals surface area contributed by atoms with Crippen LogP contribution in [-0.2, 0) is 6.54 Å². The minimum atomic E-state index is 0.697. The second kappa shape index (κ2) is 6.21. The van der Waals surface area contributed by atoms with Crippen molar-refractivity contribution in [3.05, 3.63) is 36.5 Å². The van der Waals surface area contributed by atoms with Crippen LogP contribution in [0.4, 0.5) is 0 Å². The number of pyridine rings is 1. The molecule has 0 unspecified atom stereocenters. The summed E-state index contributed by atoms with van der Waals surface area (Å²) in [5, 5.41) is 3.08. The molecule has 0 aromatic carbocycles. The molecule has 0 spiro atoms. The quantitative estimate of drug-likeness (QED) is 0.851. The molecular weight excluding hydrogens is 228 g/mol. The third-order valence-corrected chi connectivity index (χ3v) is 2.58. The molecule has 0 amide bonds. The van der Waals surface area contributed by atoms with Gasteiger partial charge in [0.2, 0.25) is 0 Å². The first-order valence-electron chi connectivity index (χ1n) is 6.14. The van der Waals surface area contributed by atoms with Gasteiger partial charge in [-0.25, -0.2) is 0 Å². The maximum absolute atomic E-state index is 5.58. The molecule has 2 heterocycles. The molecule has 0 aliphatic carbocycles. The molecule has 0 atom stereocenters. The van der Waals surface area contributed by atoms with Crippen LogP contribution >= 0.6 is 0 Å². The summed E-state index contributed by atoms with van der Waals surface area (Å²) >= 11 is 0. The molecule has 4 heteroatoms. The van der Waals surface area contributed by atoms with E-state index in [-0.39, 0.29) is 0 Å². The molecule has 0 saturated carbocycles. The predicted octanol–water partition coefficient (Wildman–Crippen LogP) is 2.85. The molecule has 1 N–H and O–H groups in total. The van der Waals surface area contributed by atoms with Gasteiger partial charge in [-0.1, -0.05) is 6.92 Å². The molecule has 2 rings (SSSR count). The number of hydrogen-bond donors (Lipinski definition) is 1. The van der Waals surface area contributed by atoms with Crippen LogP contribution < -0.4 is 10.1 Å². The van der Waals surface area contributed by atoms with Gasteiger partial charge in [0.1, 0.15) is 11.5 Å². The Hall–Kier alpha value is -1.81. The number of hydrogen-bond acceptors (Lipinski definition) is 4. The molecule has 0 saturated heterocycles. The summed E-state index contributed by atoms with van der Waals surface area (Å²) in [5.74, 6) is 1.71. The summed E-state index contributed by atoms with van der Waals surface area (Å²) in [6, 6.07) is 3.94. The highest BCUT2D eigenvalue weighted by molar-refractivity contribution is 5.65. The topological polar surface area (TPSA) is 47.3 Å². The molecule has 0 radical (unpaired) electrons. The van der Waals surface area contributed by atoms with Gasteiger partial charge in [0.05, 0.1) is 25.6 Å². The smallest absolute Gasteiger partial charge is 0.138 e. The monoisotopic (exact) mass is 246 g/mol. The van der Waals surface area contributed by atoms with Crippen LogP contribution in [0.3, 0.4) is 0 Å². The Kier molecular flexibility index (Phi) is 4.36. The van der Waals surface area contributed by atoms with E-state index in [1.165, 1.54) is 0 Å². The number of nitrogens with zero attached hydrogens (tertiary/aromatic N) is 1. The zero-order valence-electron chi connectivity index (χ0n) is 10.8. The highest BCUT2D eigenvalue weighted by Crippen LogP contribution is 2.27. The van der Waals surface area contributed by atoms with Crippen LogP contribution in [0.15, 0.2) is 35.2 Å². The van der Waals surface area contributed by atoms with Gasteiger partial charge in [0, 0.05) is 17.3 Å². The van der Waals surface area contributed by atoms with Gasteiger partial charge in [0.15, 0.2) is 0 Å². The van der Waals surface area contributed by atoms with Crippen LogP contribution in [0.2, 0.25) is 0 Å². The van der Waals surface area contributed by atoms with Crippen LogP contribution in [0.1, 0.15) is 19.1 Å². The molecular formula is C14H18N2O2. The SMILES string of the molecule is CCCOc1cncc(-c2ccoc2CNC)c1. The molecule has 0 aliphatic rings. The van der Waals surface area contributed by atoms with Gasteiger partial charge in [-0.3, -0.25) is 4.98 Å². The molecule has 2 aromatic rings. The lowest BCUT2D eigenvalue weighted by atomic mass is 10.1. The predicted molar refractivity (Wildman–Crippen MR) is 70.5 cm³/mol. The zero-order valence-corrected chi connectivity index (χ0v) is 10.8. The molecule has 0 fully saturated rings. The van der Waals surface area contributed by atoms with E-state index < -0.39 is 0 Å². The van der Waals surface area contributed by atoms with Gasteiger partial charge in [0.25, 0.3) is 0 Å². The van der Waals surface area contributed by atoms with Crippen molar-refractivity contribution in [2.75, 3.05) is 13.7 Å². The van der Waals surface area contributed by atoms with Crippen molar-refractivity contribution < 1.29 is 9.15 Å². The van der Waals surface area contributed by atoms with E-state index in [1.807, 2.05) is 25.4 Å². The van der Waals surface area contributed by atoms with Gasteiger partial charge in [-0.2, -0.15) is 0 Å². The van der Waals surface area contributed by atoms with Crippen LogP contribution in [0.25, 0.3) is 11.1 Å². The lowest BCUT2D eigenvalue weighted by molar-refractivity contribution is 0.316. The Balaban J connectivity index is 2.24. The Morgan fingerprint density at radius 2 is 2.28 bits per heavy atom. The number of nitrogens with one attached hydrogen (secondary N) is 1. The Morgan fingerprint density at radius 3 is 3.06 bits per heavy atom. The highest BCUT2D eigenvalue weighted by atomic mass is 16.5. The van der Waals surface area contributed by atoms with Crippen molar-refractivity contribution in [2.24, 2.45) is 0 Å². The van der Waals surface area contributed by atoms with Crippen LogP contribution in [0.5, 0.6) is 5.75 Å². The fourth-order valence-corrected chi connectivity index (χ4v) is 1.76. The third kappa shape index (κ3) is 2.90. The fraction of sp³-hybridized carbons (Fsp3) is 0.357. The molecule has 96 valence electrons. The highest BCUT2D eigenvalue weighted by Gasteiger charge is 2.09. The van der Waals surface area contributed by atoms with Crippen molar-refractivity contribution in [1.29, 1.82) is 0 Å². The zero-order chi connectivity index (χ0) is 12.8. The third-order valence-electron chi connectivity index (χ3n) is 2.58. The summed E-state index contributed by atoms with van der Waals surface area (Å²) < 4.78 is 11.0. The first-order chi connectivity index (χ1) is 8.85. The minimum Gasteiger partial charge on any atom is -0.492 e. The van der Waals surface area contributed by atoms with Crippen LogP contribution in [-0.4, -0.2) is 18.6 Å². The average molecular weight is 246 g/mol. The molecule has 4 nitrogen and oxygen atoms in total. The second-order valence-corrected chi connectivity index (χ2v) is 4.05. The summed E-state index contributed by atoms with van der Waals surface area (Å²) in [5.41, 5.74) is 2.07. The van der Waals surface area contributed by atoms with E-state index in [4.69, 9.17) is 9.15 Å². The first kappa shape index (κ1) is 12.6. The number of furan rings is 1. The number of ether oxygens (including phenoxy) is 1. The van der Waals surface area contributed by atoms with Gasteiger partial charge < -0.3 is 14.5 Å². The van der Waals surface area contributed by atoms with Crippen LogP contribution in [0, 0.1) is 0 Å². The van der Waals surface area contributed by atoms with E-state index in [1.54, 1.807) is 12.5 Å². The van der Waals surface area contributed by atoms with Gasteiger partial charge in [-0.05, 0) is 25.6 Å². The molecule has 2 aromatic heterocycles. The lowest BCUT2D eigenvalue weighted by Crippen LogP contribution is -2.05. The standard InChI is InChI=1S/C14H18N2O2/c1-3-5-17-12-7-11(8-16-9-12)13-4-6-18-14(13)10-15-2/h4,6-9,15H,3,5,10H2,1-2H3. The van der Waals surface area contributed by atoms with Crippen molar-refractivity contribution in [1.82, 2.24) is 10.3 Å². The van der Waals surface area contributed by atoms with Crippen molar-refractivity contribution in [3.63, 3.8) is 0 Å². The van der Waals surface area contributed by atoms with Gasteiger partial charge in [-0.15, -0.1) is 0 Å². The Morgan fingerprint density at radius 1 is 1.39 bits per heavy atom. The van der Waals surface area contributed by atoms with E-state index in [0.717, 1.165) is 29.1 Å². The van der Waals surface area contributed by atoms with E-state index in [9.17, 15) is 0 Å². The van der Waals surface area contributed by atoms with Gasteiger partial charge >= 0.3 is 0 Å². The largest absolute Gasteiger partial charge is 0.492 e. The maximum Gasteiger partial charge on any atom is 0.138 e. The lowest BCUT2D eigenvalue weighted by Gasteiger charge is -2.06. The molecule has 0 aliphatic heterocycles. The average Bonchev–Trinajstić information content (AvgIpc) is 2.85. The van der Waals surface area contributed by atoms with Crippen molar-refractivity contribution in [2.45, 2.75) is 19.9 Å². The first-order valence-corrected chi connectivity index (χ1v) is 6.14. The summed E-state index contributed by atoms with van der Waals surface area (Å²) in [7, 11) is 1.89. The summed E-state index contributed by atoms with van der Waals surface area (Å²) in [6.07, 6.45) is 6.24. The Labute approximate surface area is 107 Å².